The predicted octanol–water partition coefficient (Wildman–Crippen LogP) is 2.05. The Bertz CT molecular complexity index is 1040. The Hall–Kier alpha value is -2.49. The highest BCUT2D eigenvalue weighted by molar-refractivity contribution is 9.10. The summed E-state index contributed by atoms with van der Waals surface area (Å²) in [4.78, 5) is 11.5. The molecule has 0 bridgehead atoms. The van der Waals surface area contributed by atoms with E-state index in [0.717, 1.165) is 10.0 Å². The number of carbonyl (C=O) groups is 1. The highest BCUT2D eigenvalue weighted by Gasteiger charge is 2.15. The molecule has 1 aromatic heterocycles. The minimum Gasteiger partial charge on any atom is -0.364 e. The third-order valence-electron chi connectivity index (χ3n) is 3.51. The predicted molar refractivity (Wildman–Crippen MR) is 96.6 cm³/mol. The first kappa shape index (κ1) is 17.3. The van der Waals surface area contributed by atoms with Crippen molar-refractivity contribution >= 4 is 31.9 Å². The minimum atomic E-state index is -3.79. The van der Waals surface area contributed by atoms with E-state index in [1.807, 2.05) is 24.3 Å². The van der Waals surface area contributed by atoms with E-state index in [9.17, 15) is 13.2 Å². The molecule has 3 rings (SSSR count). The van der Waals surface area contributed by atoms with E-state index in [0.29, 0.717) is 11.4 Å². The van der Waals surface area contributed by atoms with Crippen LogP contribution in [0.3, 0.4) is 0 Å². The van der Waals surface area contributed by atoms with Crippen LogP contribution in [-0.4, -0.2) is 24.1 Å². The molecular formula is C16H13BrN4O3S. The molecule has 1 heterocycles. The van der Waals surface area contributed by atoms with Gasteiger partial charge >= 0.3 is 0 Å². The molecule has 7 nitrogen and oxygen atoms in total. The van der Waals surface area contributed by atoms with Crippen LogP contribution in [0.5, 0.6) is 0 Å². The molecule has 25 heavy (non-hydrogen) atoms. The van der Waals surface area contributed by atoms with Gasteiger partial charge in [-0.15, -0.1) is 0 Å². The van der Waals surface area contributed by atoms with E-state index in [1.54, 1.807) is 18.2 Å². The van der Waals surface area contributed by atoms with Crippen molar-refractivity contribution in [3.05, 3.63) is 64.8 Å². The smallest absolute Gasteiger partial charge is 0.269 e. The molecule has 1 amide bonds. The summed E-state index contributed by atoms with van der Waals surface area (Å²) in [5.74, 6) is -0.654. The number of benzene rings is 2. The minimum absolute atomic E-state index is 0.0104. The van der Waals surface area contributed by atoms with Gasteiger partial charge in [-0.1, -0.05) is 28.1 Å². The molecule has 0 aliphatic rings. The van der Waals surface area contributed by atoms with Crippen LogP contribution >= 0.6 is 15.9 Å². The Labute approximate surface area is 152 Å². The van der Waals surface area contributed by atoms with Crippen LogP contribution in [0.4, 0.5) is 0 Å². The van der Waals surface area contributed by atoms with Gasteiger partial charge in [-0.2, -0.15) is 5.10 Å². The topological polar surface area (TPSA) is 121 Å². The lowest BCUT2D eigenvalue weighted by atomic mass is 10.1. The number of nitrogens with zero attached hydrogens (tertiary/aromatic N) is 2. The highest BCUT2D eigenvalue weighted by atomic mass is 79.9. The molecule has 0 atom stereocenters. The van der Waals surface area contributed by atoms with Gasteiger partial charge in [0, 0.05) is 10.0 Å². The molecule has 2 aromatic carbocycles. The normalized spacial score (nSPS) is 11.4. The molecule has 0 unspecified atom stereocenters. The molecule has 4 N–H and O–H groups in total. The number of nitrogens with two attached hydrogens (primary N) is 2. The van der Waals surface area contributed by atoms with Crippen molar-refractivity contribution in [2.24, 2.45) is 10.9 Å². The van der Waals surface area contributed by atoms with Gasteiger partial charge in [0.25, 0.3) is 5.91 Å². The summed E-state index contributed by atoms with van der Waals surface area (Å²) in [6.45, 7) is 0. The molecule has 0 spiro atoms. The number of amides is 1. The van der Waals surface area contributed by atoms with E-state index in [4.69, 9.17) is 10.9 Å². The molecular weight excluding hydrogens is 408 g/mol. The molecule has 0 aliphatic carbocycles. The zero-order chi connectivity index (χ0) is 18.2. The van der Waals surface area contributed by atoms with E-state index >= 15 is 0 Å². The Balaban J connectivity index is 2.14. The third kappa shape index (κ3) is 3.63. The molecule has 0 saturated heterocycles. The van der Waals surface area contributed by atoms with Crippen LogP contribution in [0.15, 0.2) is 64.0 Å². The number of carbonyl (C=O) groups excluding carboxylic acids is 1. The standard InChI is InChI=1S/C16H13BrN4O3S/c17-11-3-1-10(2-4-11)15-9-14(16(18)22)20-21(15)12-5-7-13(8-6-12)25(19,23)24/h1-9H,(H2,18,22)(H2,19,23,24). The first-order valence-electron chi connectivity index (χ1n) is 7.05. The number of primary amides is 1. The van der Waals surface area contributed by atoms with Crippen molar-refractivity contribution in [1.29, 1.82) is 0 Å². The lowest BCUT2D eigenvalue weighted by Crippen LogP contribution is -2.13. The molecule has 0 radical (unpaired) electrons. The molecule has 0 saturated carbocycles. The second-order valence-corrected chi connectivity index (χ2v) is 7.71. The third-order valence-corrected chi connectivity index (χ3v) is 4.97. The van der Waals surface area contributed by atoms with Crippen LogP contribution in [0.25, 0.3) is 16.9 Å². The molecule has 0 aliphatic heterocycles. The molecule has 0 fully saturated rings. The monoisotopic (exact) mass is 420 g/mol. The summed E-state index contributed by atoms with van der Waals surface area (Å²) in [5.41, 5.74) is 7.47. The van der Waals surface area contributed by atoms with Crippen LogP contribution in [-0.2, 0) is 10.0 Å². The zero-order valence-corrected chi connectivity index (χ0v) is 15.2. The van der Waals surface area contributed by atoms with Crippen LogP contribution in [0.1, 0.15) is 10.5 Å². The van der Waals surface area contributed by atoms with Gasteiger partial charge in [0.15, 0.2) is 5.69 Å². The number of sulfonamides is 1. The van der Waals surface area contributed by atoms with Crippen LogP contribution in [0.2, 0.25) is 0 Å². The van der Waals surface area contributed by atoms with Gasteiger partial charge in [-0.05, 0) is 42.5 Å². The fourth-order valence-corrected chi connectivity index (χ4v) is 3.08. The number of primary sulfonamides is 1. The van der Waals surface area contributed by atoms with E-state index in [-0.39, 0.29) is 10.6 Å². The second-order valence-electron chi connectivity index (χ2n) is 5.24. The number of aromatic nitrogens is 2. The molecule has 3 aromatic rings. The lowest BCUT2D eigenvalue weighted by Gasteiger charge is -2.08. The average molecular weight is 421 g/mol. The largest absolute Gasteiger partial charge is 0.364 e. The fraction of sp³-hybridized carbons (Fsp3) is 0. The summed E-state index contributed by atoms with van der Waals surface area (Å²) in [6, 6.07) is 14.9. The van der Waals surface area contributed by atoms with Crippen molar-refractivity contribution in [2.75, 3.05) is 0 Å². The first-order valence-corrected chi connectivity index (χ1v) is 9.39. The number of rotatable bonds is 4. The van der Waals surface area contributed by atoms with Gasteiger partial charge in [0.05, 0.1) is 16.3 Å². The van der Waals surface area contributed by atoms with Crippen LogP contribution < -0.4 is 10.9 Å². The zero-order valence-electron chi connectivity index (χ0n) is 12.8. The van der Waals surface area contributed by atoms with Gasteiger partial charge < -0.3 is 5.73 Å². The number of halogens is 1. The SMILES string of the molecule is NC(=O)c1cc(-c2ccc(Br)cc2)n(-c2ccc(S(N)(=O)=O)cc2)n1. The first-order chi connectivity index (χ1) is 11.8. The lowest BCUT2D eigenvalue weighted by molar-refractivity contribution is 0.0995. The van der Waals surface area contributed by atoms with Gasteiger partial charge in [0.1, 0.15) is 0 Å². The summed E-state index contributed by atoms with van der Waals surface area (Å²) in [7, 11) is -3.79. The fourth-order valence-electron chi connectivity index (χ4n) is 2.30. The Kier molecular flexibility index (Phi) is 4.46. The second kappa shape index (κ2) is 6.43. The Morgan fingerprint density at radius 3 is 2.16 bits per heavy atom. The maximum Gasteiger partial charge on any atom is 0.269 e. The summed E-state index contributed by atoms with van der Waals surface area (Å²) in [5, 5.41) is 9.33. The Morgan fingerprint density at radius 1 is 1.04 bits per heavy atom. The average Bonchev–Trinajstić information content (AvgIpc) is 3.00. The number of hydrogen-bond acceptors (Lipinski definition) is 4. The molecule has 128 valence electrons. The van der Waals surface area contributed by atoms with Gasteiger partial charge in [0.2, 0.25) is 10.0 Å². The maximum atomic E-state index is 11.5. The van der Waals surface area contributed by atoms with Crippen molar-refractivity contribution in [2.45, 2.75) is 4.90 Å². The number of hydrogen-bond donors (Lipinski definition) is 2. The van der Waals surface area contributed by atoms with Crippen LogP contribution in [0, 0.1) is 0 Å². The highest BCUT2D eigenvalue weighted by Crippen LogP contribution is 2.26. The Morgan fingerprint density at radius 2 is 1.64 bits per heavy atom. The summed E-state index contributed by atoms with van der Waals surface area (Å²) in [6.07, 6.45) is 0. The van der Waals surface area contributed by atoms with Gasteiger partial charge in [-0.3, -0.25) is 4.79 Å². The van der Waals surface area contributed by atoms with Crippen molar-refractivity contribution in [3.63, 3.8) is 0 Å². The summed E-state index contributed by atoms with van der Waals surface area (Å²) >= 11 is 3.37. The van der Waals surface area contributed by atoms with Crippen molar-refractivity contribution < 1.29 is 13.2 Å². The summed E-state index contributed by atoms with van der Waals surface area (Å²) < 4.78 is 25.2. The molecule has 9 heteroatoms. The van der Waals surface area contributed by atoms with Gasteiger partial charge in [-0.25, -0.2) is 18.2 Å². The van der Waals surface area contributed by atoms with Crippen molar-refractivity contribution in [3.8, 4) is 16.9 Å². The van der Waals surface area contributed by atoms with E-state index < -0.39 is 15.9 Å². The quantitative estimate of drug-likeness (QED) is 0.670. The van der Waals surface area contributed by atoms with E-state index in [1.165, 1.54) is 16.8 Å². The van der Waals surface area contributed by atoms with Crippen molar-refractivity contribution in [1.82, 2.24) is 9.78 Å². The van der Waals surface area contributed by atoms with E-state index in [2.05, 4.69) is 21.0 Å². The maximum absolute atomic E-state index is 11.5.